The maximum atomic E-state index is 12.2. The van der Waals surface area contributed by atoms with Gasteiger partial charge in [-0.3, -0.25) is 0 Å². The summed E-state index contributed by atoms with van der Waals surface area (Å²) >= 11 is 0. The molecule has 1 aromatic heterocycles. The molecule has 0 amide bonds. The summed E-state index contributed by atoms with van der Waals surface area (Å²) in [4.78, 5) is 12.2. The van der Waals surface area contributed by atoms with E-state index < -0.39 is 0 Å². The van der Waals surface area contributed by atoms with Crippen molar-refractivity contribution in [2.24, 2.45) is 0 Å². The van der Waals surface area contributed by atoms with Gasteiger partial charge in [0.15, 0.2) is 0 Å². The van der Waals surface area contributed by atoms with E-state index >= 15 is 0 Å². The molecule has 4 rings (SSSR count). The second kappa shape index (κ2) is 5.56. The zero-order valence-electron chi connectivity index (χ0n) is 13.7. The number of methoxy groups -OCH3 is 1. The van der Waals surface area contributed by atoms with Crippen LogP contribution < -0.4 is 11.5 Å². The Morgan fingerprint density at radius 1 is 0.880 bits per heavy atom. The van der Waals surface area contributed by atoms with Crippen molar-refractivity contribution in [2.75, 3.05) is 18.6 Å². The number of ether oxygens (including phenoxy) is 1. The fourth-order valence-electron chi connectivity index (χ4n) is 3.27. The van der Waals surface area contributed by atoms with Crippen molar-refractivity contribution in [2.45, 2.75) is 0 Å². The van der Waals surface area contributed by atoms with Gasteiger partial charge in [-0.2, -0.15) is 0 Å². The average molecular weight is 331 g/mol. The second-order valence-corrected chi connectivity index (χ2v) is 5.90. The minimum absolute atomic E-state index is 0.378. The Balaban J connectivity index is 2.17. The Morgan fingerprint density at radius 2 is 1.44 bits per heavy atom. The highest BCUT2D eigenvalue weighted by Crippen LogP contribution is 2.35. The molecule has 0 radical (unpaired) electrons. The van der Waals surface area contributed by atoms with Gasteiger partial charge in [-0.15, -0.1) is 0 Å². The SMILES string of the molecule is COC(=O)c1ccccc1-n1c2ccc(N)cc2c2cc(N)ccc21. The minimum atomic E-state index is -0.378. The van der Waals surface area contributed by atoms with Crippen LogP contribution in [-0.4, -0.2) is 17.6 Å². The maximum absolute atomic E-state index is 12.2. The Labute approximate surface area is 144 Å². The van der Waals surface area contributed by atoms with Gasteiger partial charge in [0.05, 0.1) is 29.4 Å². The number of nitrogens with zero attached hydrogens (tertiary/aromatic N) is 1. The van der Waals surface area contributed by atoms with E-state index in [0.29, 0.717) is 16.9 Å². The lowest BCUT2D eigenvalue weighted by Crippen LogP contribution is -2.07. The molecule has 4 aromatic rings. The first-order chi connectivity index (χ1) is 12.1. The van der Waals surface area contributed by atoms with E-state index in [9.17, 15) is 4.79 Å². The van der Waals surface area contributed by atoms with Crippen LogP contribution in [0.25, 0.3) is 27.5 Å². The molecule has 0 bridgehead atoms. The van der Waals surface area contributed by atoms with E-state index in [2.05, 4.69) is 0 Å². The predicted octanol–water partition coefficient (Wildman–Crippen LogP) is 3.73. The number of aromatic nitrogens is 1. The molecule has 0 aliphatic rings. The van der Waals surface area contributed by atoms with Crippen molar-refractivity contribution in [3.63, 3.8) is 0 Å². The van der Waals surface area contributed by atoms with Crippen molar-refractivity contribution < 1.29 is 9.53 Å². The molecule has 1 heterocycles. The third-order valence-electron chi connectivity index (χ3n) is 4.36. The molecule has 0 atom stereocenters. The molecule has 4 N–H and O–H groups in total. The van der Waals surface area contributed by atoms with Gasteiger partial charge in [-0.05, 0) is 48.5 Å². The van der Waals surface area contributed by atoms with Crippen molar-refractivity contribution in [3.05, 3.63) is 66.2 Å². The van der Waals surface area contributed by atoms with Crippen LogP contribution in [-0.2, 0) is 4.74 Å². The Kier molecular flexibility index (Phi) is 3.35. The summed E-state index contributed by atoms with van der Waals surface area (Å²) in [6.45, 7) is 0. The van der Waals surface area contributed by atoms with Gasteiger partial charge in [0, 0.05) is 22.1 Å². The molecular weight excluding hydrogens is 314 g/mol. The maximum Gasteiger partial charge on any atom is 0.339 e. The molecule has 0 spiro atoms. The van der Waals surface area contributed by atoms with Crippen LogP contribution in [0.2, 0.25) is 0 Å². The lowest BCUT2D eigenvalue weighted by molar-refractivity contribution is 0.0601. The van der Waals surface area contributed by atoms with E-state index in [-0.39, 0.29) is 5.97 Å². The van der Waals surface area contributed by atoms with Crippen LogP contribution in [0.4, 0.5) is 11.4 Å². The molecular formula is C20H17N3O2. The topological polar surface area (TPSA) is 83.3 Å². The number of esters is 1. The largest absolute Gasteiger partial charge is 0.465 e. The van der Waals surface area contributed by atoms with Crippen molar-refractivity contribution in [3.8, 4) is 5.69 Å². The van der Waals surface area contributed by atoms with Gasteiger partial charge in [-0.25, -0.2) is 4.79 Å². The number of nitrogens with two attached hydrogens (primary N) is 2. The fraction of sp³-hybridized carbons (Fsp3) is 0.0500. The van der Waals surface area contributed by atoms with E-state index in [1.807, 2.05) is 59.2 Å². The average Bonchev–Trinajstić information content (AvgIpc) is 2.94. The number of anilines is 2. The van der Waals surface area contributed by atoms with Crippen LogP contribution in [0.1, 0.15) is 10.4 Å². The summed E-state index contributed by atoms with van der Waals surface area (Å²) in [6, 6.07) is 18.8. The molecule has 3 aromatic carbocycles. The van der Waals surface area contributed by atoms with E-state index in [1.54, 1.807) is 6.07 Å². The molecule has 124 valence electrons. The molecule has 0 fully saturated rings. The number of benzene rings is 3. The van der Waals surface area contributed by atoms with Crippen molar-refractivity contribution in [1.82, 2.24) is 4.57 Å². The first-order valence-electron chi connectivity index (χ1n) is 7.87. The zero-order valence-corrected chi connectivity index (χ0v) is 13.7. The number of hydrogen-bond donors (Lipinski definition) is 2. The summed E-state index contributed by atoms with van der Waals surface area (Å²) in [5, 5.41) is 1.98. The van der Waals surface area contributed by atoms with Crippen LogP contribution in [0.3, 0.4) is 0 Å². The first kappa shape index (κ1) is 15.1. The number of para-hydroxylation sites is 1. The molecule has 0 saturated heterocycles. The normalized spacial score (nSPS) is 11.1. The summed E-state index contributed by atoms with van der Waals surface area (Å²) in [5.41, 5.74) is 16.5. The van der Waals surface area contributed by atoms with E-state index in [4.69, 9.17) is 16.2 Å². The number of fused-ring (bicyclic) bond motifs is 3. The number of carbonyl (C=O) groups is 1. The van der Waals surface area contributed by atoms with E-state index in [0.717, 1.165) is 27.5 Å². The third-order valence-corrected chi connectivity index (χ3v) is 4.36. The highest BCUT2D eigenvalue weighted by Gasteiger charge is 2.18. The molecule has 0 aliphatic carbocycles. The molecule has 0 saturated carbocycles. The van der Waals surface area contributed by atoms with Gasteiger partial charge < -0.3 is 20.8 Å². The number of rotatable bonds is 2. The molecule has 5 nitrogen and oxygen atoms in total. The van der Waals surface area contributed by atoms with Gasteiger partial charge in [0.25, 0.3) is 0 Å². The van der Waals surface area contributed by atoms with Crippen LogP contribution in [0.5, 0.6) is 0 Å². The van der Waals surface area contributed by atoms with Crippen molar-refractivity contribution in [1.29, 1.82) is 0 Å². The van der Waals surface area contributed by atoms with Crippen LogP contribution >= 0.6 is 0 Å². The quantitative estimate of drug-likeness (QED) is 0.433. The Morgan fingerprint density at radius 3 is 2.00 bits per heavy atom. The molecule has 0 aliphatic heterocycles. The van der Waals surface area contributed by atoms with Gasteiger partial charge >= 0.3 is 5.97 Å². The molecule has 0 unspecified atom stereocenters. The third kappa shape index (κ3) is 2.29. The summed E-state index contributed by atoms with van der Waals surface area (Å²) in [7, 11) is 1.38. The fourth-order valence-corrected chi connectivity index (χ4v) is 3.27. The highest BCUT2D eigenvalue weighted by atomic mass is 16.5. The van der Waals surface area contributed by atoms with Crippen LogP contribution in [0, 0.1) is 0 Å². The zero-order chi connectivity index (χ0) is 17.6. The minimum Gasteiger partial charge on any atom is -0.465 e. The molecule has 5 heteroatoms. The Hall–Kier alpha value is -3.47. The van der Waals surface area contributed by atoms with Gasteiger partial charge in [0.1, 0.15) is 0 Å². The molecule has 25 heavy (non-hydrogen) atoms. The van der Waals surface area contributed by atoms with Crippen LogP contribution in [0.15, 0.2) is 60.7 Å². The number of nitrogen functional groups attached to an aromatic ring is 2. The van der Waals surface area contributed by atoms with Gasteiger partial charge in [0.2, 0.25) is 0 Å². The number of hydrogen-bond acceptors (Lipinski definition) is 4. The smallest absolute Gasteiger partial charge is 0.339 e. The number of carbonyl (C=O) groups excluding carboxylic acids is 1. The van der Waals surface area contributed by atoms with Crippen molar-refractivity contribution >= 4 is 39.1 Å². The first-order valence-corrected chi connectivity index (χ1v) is 7.87. The predicted molar refractivity (Wildman–Crippen MR) is 101 cm³/mol. The lowest BCUT2D eigenvalue weighted by atomic mass is 10.1. The summed E-state index contributed by atoms with van der Waals surface area (Å²) in [5.74, 6) is -0.378. The monoisotopic (exact) mass is 331 g/mol. The van der Waals surface area contributed by atoms with E-state index in [1.165, 1.54) is 7.11 Å². The lowest BCUT2D eigenvalue weighted by Gasteiger charge is -2.12. The van der Waals surface area contributed by atoms with Gasteiger partial charge in [-0.1, -0.05) is 12.1 Å². The summed E-state index contributed by atoms with van der Waals surface area (Å²) < 4.78 is 6.98. The standard InChI is InChI=1S/C20H17N3O2/c1-25-20(24)14-4-2-3-5-17(14)23-18-8-6-12(21)10-15(18)16-11-13(22)7-9-19(16)23/h2-11H,21-22H2,1H3. The highest BCUT2D eigenvalue weighted by molar-refractivity contribution is 6.11. The second-order valence-electron chi connectivity index (χ2n) is 5.90. The summed E-state index contributed by atoms with van der Waals surface area (Å²) in [6.07, 6.45) is 0. The Bertz CT molecular complexity index is 1070.